The van der Waals surface area contributed by atoms with Crippen LogP contribution in [0.15, 0.2) is 65.9 Å². The molecule has 3 N–H and O–H groups in total. The molecule has 0 bridgehead atoms. The van der Waals surface area contributed by atoms with Crippen LogP contribution in [-0.4, -0.2) is 35.8 Å². The summed E-state index contributed by atoms with van der Waals surface area (Å²) in [7, 11) is 0. The summed E-state index contributed by atoms with van der Waals surface area (Å²) < 4.78 is 5.19. The van der Waals surface area contributed by atoms with E-state index in [1.54, 1.807) is 6.21 Å². The zero-order chi connectivity index (χ0) is 21.3. The zero-order valence-electron chi connectivity index (χ0n) is 17.1. The molecule has 3 rings (SSSR count). The van der Waals surface area contributed by atoms with Crippen LogP contribution in [0.3, 0.4) is 0 Å². The van der Waals surface area contributed by atoms with E-state index in [4.69, 9.17) is 4.74 Å². The van der Waals surface area contributed by atoms with Crippen LogP contribution in [0.4, 0.5) is 4.79 Å². The number of rotatable bonds is 8. The first-order valence-electron chi connectivity index (χ1n) is 9.89. The van der Waals surface area contributed by atoms with Gasteiger partial charge in [0, 0.05) is 23.5 Å². The first-order chi connectivity index (χ1) is 14.5. The summed E-state index contributed by atoms with van der Waals surface area (Å²) in [5.74, 6) is -0.221. The molecule has 1 heterocycles. The molecular weight excluding hydrogens is 380 g/mol. The summed E-state index contributed by atoms with van der Waals surface area (Å²) in [6, 6.07) is 16.4. The van der Waals surface area contributed by atoms with E-state index in [0.29, 0.717) is 6.42 Å². The molecule has 0 spiro atoms. The number of hydrazone groups is 1. The van der Waals surface area contributed by atoms with Gasteiger partial charge >= 0.3 is 6.09 Å². The molecule has 156 valence electrons. The Morgan fingerprint density at radius 1 is 1.10 bits per heavy atom. The van der Waals surface area contributed by atoms with Crippen LogP contribution in [0, 0.1) is 5.92 Å². The monoisotopic (exact) mass is 406 g/mol. The maximum atomic E-state index is 12.8. The van der Waals surface area contributed by atoms with Crippen LogP contribution in [0.1, 0.15) is 25.0 Å². The summed E-state index contributed by atoms with van der Waals surface area (Å²) in [4.78, 5) is 28.1. The lowest BCUT2D eigenvalue weighted by Crippen LogP contribution is -2.47. The third kappa shape index (κ3) is 5.94. The van der Waals surface area contributed by atoms with E-state index in [2.05, 4.69) is 20.8 Å². The molecule has 3 aromatic rings. The number of amides is 2. The number of nitrogens with one attached hydrogen (secondary N) is 3. The van der Waals surface area contributed by atoms with Crippen molar-refractivity contribution in [3.05, 3.63) is 71.9 Å². The van der Waals surface area contributed by atoms with Crippen molar-refractivity contribution in [2.45, 2.75) is 26.3 Å². The second-order valence-electron chi connectivity index (χ2n) is 7.40. The number of H-pyrrole nitrogens is 1. The molecule has 0 unspecified atom stereocenters. The number of hydrogen-bond donors (Lipinski definition) is 3. The number of benzene rings is 2. The average Bonchev–Trinajstić information content (AvgIpc) is 3.15. The van der Waals surface area contributed by atoms with Crippen LogP contribution in [0.5, 0.6) is 0 Å². The Hall–Kier alpha value is -3.61. The fraction of sp³-hybridized carbons (Fsp3) is 0.261. The highest BCUT2D eigenvalue weighted by Gasteiger charge is 2.23. The normalized spacial score (nSPS) is 12.2. The number of para-hydroxylation sites is 1. The maximum absolute atomic E-state index is 12.8. The summed E-state index contributed by atoms with van der Waals surface area (Å²) >= 11 is 0. The topological polar surface area (TPSA) is 95.6 Å². The molecule has 0 radical (unpaired) electrons. The van der Waals surface area contributed by atoms with Crippen molar-refractivity contribution in [2.75, 3.05) is 6.61 Å². The van der Waals surface area contributed by atoms with E-state index in [0.717, 1.165) is 22.0 Å². The molecule has 7 nitrogen and oxygen atoms in total. The number of carbonyl (C=O) groups is 2. The minimum atomic E-state index is -0.836. The number of nitrogens with zero attached hydrogens (tertiary/aromatic N) is 1. The number of carbonyl (C=O) groups excluding carboxylic acids is 2. The summed E-state index contributed by atoms with van der Waals surface area (Å²) in [6.07, 6.45) is 3.07. The van der Waals surface area contributed by atoms with Crippen LogP contribution in [0.25, 0.3) is 10.9 Å². The van der Waals surface area contributed by atoms with Gasteiger partial charge in [0.15, 0.2) is 0 Å². The molecule has 7 heteroatoms. The van der Waals surface area contributed by atoms with Gasteiger partial charge in [-0.25, -0.2) is 10.2 Å². The highest BCUT2D eigenvalue weighted by molar-refractivity contribution is 5.89. The lowest BCUT2D eigenvalue weighted by Gasteiger charge is -2.17. The molecule has 0 aliphatic heterocycles. The third-order valence-corrected chi connectivity index (χ3v) is 4.44. The van der Waals surface area contributed by atoms with Crippen LogP contribution < -0.4 is 10.7 Å². The molecule has 0 aliphatic rings. The van der Waals surface area contributed by atoms with E-state index >= 15 is 0 Å². The SMILES string of the molecule is CC(C)COC(=O)N[C@@H](Cc1c[nH]c2ccccc12)C(=O)N/N=C\c1ccccc1. The molecule has 1 atom stereocenters. The van der Waals surface area contributed by atoms with E-state index in [9.17, 15) is 9.59 Å². The van der Waals surface area contributed by atoms with Crippen molar-refractivity contribution < 1.29 is 14.3 Å². The highest BCUT2D eigenvalue weighted by Crippen LogP contribution is 2.19. The Bertz CT molecular complexity index is 1010. The van der Waals surface area contributed by atoms with Crippen molar-refractivity contribution in [3.8, 4) is 0 Å². The Balaban J connectivity index is 1.71. The molecule has 0 saturated heterocycles. The van der Waals surface area contributed by atoms with Gasteiger partial charge in [-0.3, -0.25) is 4.79 Å². The highest BCUT2D eigenvalue weighted by atomic mass is 16.5. The van der Waals surface area contributed by atoms with Gasteiger partial charge in [0.25, 0.3) is 5.91 Å². The first kappa shape index (κ1) is 21.1. The van der Waals surface area contributed by atoms with Gasteiger partial charge in [0.05, 0.1) is 12.8 Å². The summed E-state index contributed by atoms with van der Waals surface area (Å²) in [5, 5.41) is 7.67. The number of aromatic amines is 1. The number of ether oxygens (including phenoxy) is 1. The first-order valence-corrected chi connectivity index (χ1v) is 9.89. The van der Waals surface area contributed by atoms with E-state index in [1.165, 1.54) is 0 Å². The molecule has 2 aromatic carbocycles. The average molecular weight is 406 g/mol. The molecule has 2 amide bonds. The number of fused-ring (bicyclic) bond motifs is 1. The van der Waals surface area contributed by atoms with Crippen LogP contribution in [0.2, 0.25) is 0 Å². The third-order valence-electron chi connectivity index (χ3n) is 4.44. The Labute approximate surface area is 175 Å². The largest absolute Gasteiger partial charge is 0.449 e. The van der Waals surface area contributed by atoms with Crippen LogP contribution >= 0.6 is 0 Å². The fourth-order valence-corrected chi connectivity index (χ4v) is 2.94. The van der Waals surface area contributed by atoms with Gasteiger partial charge in [-0.1, -0.05) is 62.4 Å². The number of hydrogen-bond acceptors (Lipinski definition) is 4. The lowest BCUT2D eigenvalue weighted by molar-refractivity contribution is -0.123. The van der Waals surface area contributed by atoms with Gasteiger partial charge in [-0.05, 0) is 23.1 Å². The molecule has 1 aromatic heterocycles. The lowest BCUT2D eigenvalue weighted by atomic mass is 10.0. The quantitative estimate of drug-likeness (QED) is 0.394. The predicted octanol–water partition coefficient (Wildman–Crippen LogP) is 3.61. The van der Waals surface area contributed by atoms with Crippen molar-refractivity contribution in [3.63, 3.8) is 0 Å². The fourth-order valence-electron chi connectivity index (χ4n) is 2.94. The Morgan fingerprint density at radius 2 is 1.83 bits per heavy atom. The molecule has 0 aliphatic carbocycles. The summed E-state index contributed by atoms with van der Waals surface area (Å²) in [6.45, 7) is 4.17. The molecule has 30 heavy (non-hydrogen) atoms. The Morgan fingerprint density at radius 3 is 2.60 bits per heavy atom. The van der Waals surface area contributed by atoms with E-state index < -0.39 is 18.0 Å². The molecule has 0 fully saturated rings. The van der Waals surface area contributed by atoms with Gasteiger partial charge < -0.3 is 15.0 Å². The van der Waals surface area contributed by atoms with Crippen LogP contribution in [-0.2, 0) is 16.0 Å². The van der Waals surface area contributed by atoms with Crippen molar-refractivity contribution >= 4 is 29.1 Å². The zero-order valence-corrected chi connectivity index (χ0v) is 17.1. The predicted molar refractivity (Wildman–Crippen MR) is 117 cm³/mol. The second kappa shape index (κ2) is 10.2. The van der Waals surface area contributed by atoms with E-state index in [1.807, 2.05) is 74.6 Å². The van der Waals surface area contributed by atoms with Crippen molar-refractivity contribution in [1.82, 2.24) is 15.7 Å². The molecular formula is C23H26N4O3. The maximum Gasteiger partial charge on any atom is 0.407 e. The summed E-state index contributed by atoms with van der Waals surface area (Å²) in [5.41, 5.74) is 5.26. The van der Waals surface area contributed by atoms with Crippen molar-refractivity contribution in [2.24, 2.45) is 11.0 Å². The Kier molecular flexibility index (Phi) is 7.21. The van der Waals surface area contributed by atoms with Gasteiger partial charge in [-0.2, -0.15) is 5.10 Å². The number of aromatic nitrogens is 1. The molecule has 0 saturated carbocycles. The minimum Gasteiger partial charge on any atom is -0.449 e. The smallest absolute Gasteiger partial charge is 0.407 e. The minimum absolute atomic E-state index is 0.201. The van der Waals surface area contributed by atoms with Gasteiger partial charge in [0.2, 0.25) is 0 Å². The number of alkyl carbamates (subject to hydrolysis) is 1. The van der Waals surface area contributed by atoms with Gasteiger partial charge in [-0.15, -0.1) is 0 Å². The van der Waals surface area contributed by atoms with Gasteiger partial charge in [0.1, 0.15) is 6.04 Å². The van der Waals surface area contributed by atoms with E-state index in [-0.39, 0.29) is 12.5 Å². The second-order valence-corrected chi connectivity index (χ2v) is 7.40. The standard InChI is InChI=1S/C23H26N4O3/c1-16(2)15-30-23(29)26-21(12-18-14-24-20-11-7-6-10-19(18)20)22(28)27-25-13-17-8-4-3-5-9-17/h3-11,13-14,16,21,24H,12,15H2,1-2H3,(H,26,29)(H,27,28)/b25-13-/t21-/m0/s1. The van der Waals surface area contributed by atoms with Crippen molar-refractivity contribution in [1.29, 1.82) is 0 Å².